The van der Waals surface area contributed by atoms with Gasteiger partial charge in [0.2, 0.25) is 5.91 Å². The van der Waals surface area contributed by atoms with Crippen molar-refractivity contribution in [1.29, 1.82) is 0 Å². The lowest BCUT2D eigenvalue weighted by Crippen LogP contribution is -2.41. The van der Waals surface area contributed by atoms with E-state index in [0.29, 0.717) is 18.6 Å². The molecule has 2 heterocycles. The number of carbonyl (C=O) groups excluding carboxylic acids is 1. The van der Waals surface area contributed by atoms with Gasteiger partial charge in [-0.2, -0.15) is 0 Å². The molecule has 0 bridgehead atoms. The molecule has 2 aliphatic rings. The third-order valence-corrected chi connectivity index (χ3v) is 3.50. The maximum absolute atomic E-state index is 11.3. The minimum Gasteiger partial charge on any atom is -0.378 e. The van der Waals surface area contributed by atoms with Crippen molar-refractivity contribution < 1.29 is 9.53 Å². The quantitative estimate of drug-likeness (QED) is 0.610. The van der Waals surface area contributed by atoms with Crippen molar-refractivity contribution in [3.05, 3.63) is 0 Å². The van der Waals surface area contributed by atoms with Crippen LogP contribution < -0.4 is 5.32 Å². The molecule has 3 atom stereocenters. The molecule has 0 radical (unpaired) electrons. The third-order valence-electron chi connectivity index (χ3n) is 3.50. The zero-order valence-electron chi connectivity index (χ0n) is 8.30. The first-order chi connectivity index (χ1) is 6.12. The van der Waals surface area contributed by atoms with Crippen LogP contribution in [0.1, 0.15) is 33.1 Å². The highest BCUT2D eigenvalue weighted by Crippen LogP contribution is 2.42. The molecule has 13 heavy (non-hydrogen) atoms. The summed E-state index contributed by atoms with van der Waals surface area (Å²) >= 11 is 0. The average molecular weight is 183 g/mol. The fraction of sp³-hybridized carbons (Fsp3) is 0.900. The monoisotopic (exact) mass is 183 g/mol. The van der Waals surface area contributed by atoms with Crippen molar-refractivity contribution in [3.63, 3.8) is 0 Å². The standard InChI is InChI=1S/C10H17NO2/c1-7-5-10(3-4-13-7)6-9(12)11-8(10)2/h7-8H,3-6H2,1-2H3,(H,11,12). The molecule has 0 aromatic heterocycles. The summed E-state index contributed by atoms with van der Waals surface area (Å²) in [6, 6.07) is 0.325. The van der Waals surface area contributed by atoms with E-state index >= 15 is 0 Å². The Hall–Kier alpha value is -0.570. The maximum Gasteiger partial charge on any atom is 0.220 e. The van der Waals surface area contributed by atoms with E-state index in [-0.39, 0.29) is 11.3 Å². The molecule has 0 saturated carbocycles. The highest BCUT2D eigenvalue weighted by atomic mass is 16.5. The number of nitrogens with one attached hydrogen (secondary N) is 1. The molecule has 0 aromatic rings. The van der Waals surface area contributed by atoms with E-state index < -0.39 is 0 Å². The lowest BCUT2D eigenvalue weighted by Gasteiger charge is -2.38. The van der Waals surface area contributed by atoms with Gasteiger partial charge in [-0.05, 0) is 26.7 Å². The van der Waals surface area contributed by atoms with Gasteiger partial charge in [0.15, 0.2) is 0 Å². The molecule has 2 saturated heterocycles. The molecule has 2 fully saturated rings. The fourth-order valence-electron chi connectivity index (χ4n) is 2.67. The van der Waals surface area contributed by atoms with E-state index in [1.807, 2.05) is 0 Å². The van der Waals surface area contributed by atoms with Gasteiger partial charge < -0.3 is 10.1 Å². The zero-order valence-corrected chi connectivity index (χ0v) is 8.30. The molecule has 1 spiro atoms. The Balaban J connectivity index is 2.14. The summed E-state index contributed by atoms with van der Waals surface area (Å²) < 4.78 is 5.51. The van der Waals surface area contributed by atoms with Gasteiger partial charge >= 0.3 is 0 Å². The second-order valence-electron chi connectivity index (χ2n) is 4.46. The molecule has 74 valence electrons. The minimum absolute atomic E-state index is 0.189. The number of carbonyl (C=O) groups is 1. The van der Waals surface area contributed by atoms with Crippen molar-refractivity contribution in [2.75, 3.05) is 6.61 Å². The Labute approximate surface area is 78.8 Å². The molecule has 0 aromatic carbocycles. The van der Waals surface area contributed by atoms with Gasteiger partial charge in [0.1, 0.15) is 0 Å². The molecule has 3 nitrogen and oxygen atoms in total. The molecule has 2 rings (SSSR count). The first-order valence-electron chi connectivity index (χ1n) is 5.03. The van der Waals surface area contributed by atoms with E-state index in [9.17, 15) is 4.79 Å². The van der Waals surface area contributed by atoms with Crippen molar-refractivity contribution >= 4 is 5.91 Å². The summed E-state index contributed by atoms with van der Waals surface area (Å²) in [7, 11) is 0. The highest BCUT2D eigenvalue weighted by Gasteiger charge is 2.46. The smallest absolute Gasteiger partial charge is 0.220 e. The number of hydrogen-bond donors (Lipinski definition) is 1. The van der Waals surface area contributed by atoms with E-state index in [4.69, 9.17) is 4.74 Å². The third kappa shape index (κ3) is 1.46. The van der Waals surface area contributed by atoms with Crippen molar-refractivity contribution in [1.82, 2.24) is 5.32 Å². The molecular weight excluding hydrogens is 166 g/mol. The molecule has 3 heteroatoms. The SMILES string of the molecule is CC1CC2(CCO1)CC(=O)NC2C. The first-order valence-corrected chi connectivity index (χ1v) is 5.03. The van der Waals surface area contributed by atoms with Gasteiger partial charge in [-0.15, -0.1) is 0 Å². The van der Waals surface area contributed by atoms with Gasteiger partial charge in [-0.25, -0.2) is 0 Å². The van der Waals surface area contributed by atoms with Crippen LogP contribution in [0, 0.1) is 5.41 Å². The first kappa shape index (κ1) is 9.00. The Morgan fingerprint density at radius 3 is 2.85 bits per heavy atom. The predicted molar refractivity (Wildman–Crippen MR) is 49.3 cm³/mol. The van der Waals surface area contributed by atoms with Crippen LogP contribution in [0.15, 0.2) is 0 Å². The summed E-state index contributed by atoms with van der Waals surface area (Å²) in [5, 5.41) is 3.00. The summed E-state index contributed by atoms with van der Waals surface area (Å²) in [4.78, 5) is 11.3. The number of ether oxygens (including phenoxy) is 1. The van der Waals surface area contributed by atoms with Gasteiger partial charge in [0.05, 0.1) is 6.10 Å². The fourth-order valence-corrected chi connectivity index (χ4v) is 2.67. The van der Waals surface area contributed by atoms with Crippen molar-refractivity contribution in [2.45, 2.75) is 45.3 Å². The molecule has 1 N–H and O–H groups in total. The van der Waals surface area contributed by atoms with Crippen molar-refractivity contribution in [3.8, 4) is 0 Å². The summed E-state index contributed by atoms with van der Waals surface area (Å²) in [6.45, 7) is 5.01. The highest BCUT2D eigenvalue weighted by molar-refractivity contribution is 5.79. The van der Waals surface area contributed by atoms with Crippen LogP contribution in [0.25, 0.3) is 0 Å². The molecule has 1 amide bonds. The van der Waals surface area contributed by atoms with Crippen molar-refractivity contribution in [2.24, 2.45) is 5.41 Å². The van der Waals surface area contributed by atoms with E-state index in [1.54, 1.807) is 0 Å². The number of rotatable bonds is 0. The van der Waals surface area contributed by atoms with E-state index in [2.05, 4.69) is 19.2 Å². The zero-order chi connectivity index (χ0) is 9.47. The Kier molecular flexibility index (Phi) is 2.06. The van der Waals surface area contributed by atoms with Crippen LogP contribution >= 0.6 is 0 Å². The van der Waals surface area contributed by atoms with Crippen LogP contribution in [0.3, 0.4) is 0 Å². The summed E-state index contributed by atoms with van der Waals surface area (Å²) in [5.41, 5.74) is 0.189. The molecule has 0 aliphatic carbocycles. The van der Waals surface area contributed by atoms with E-state index in [0.717, 1.165) is 19.4 Å². The van der Waals surface area contributed by atoms with Crippen LogP contribution in [-0.2, 0) is 9.53 Å². The van der Waals surface area contributed by atoms with E-state index in [1.165, 1.54) is 0 Å². The second-order valence-corrected chi connectivity index (χ2v) is 4.46. The largest absolute Gasteiger partial charge is 0.378 e. The predicted octanol–water partition coefficient (Wildman–Crippen LogP) is 1.08. The number of amides is 1. The van der Waals surface area contributed by atoms with Gasteiger partial charge in [-0.1, -0.05) is 0 Å². The maximum atomic E-state index is 11.3. The van der Waals surface area contributed by atoms with Gasteiger partial charge in [-0.3, -0.25) is 4.79 Å². The van der Waals surface area contributed by atoms with Crippen LogP contribution in [0.2, 0.25) is 0 Å². The lowest BCUT2D eigenvalue weighted by molar-refractivity contribution is -0.120. The lowest BCUT2D eigenvalue weighted by atomic mass is 9.73. The molecule has 3 unspecified atom stereocenters. The summed E-state index contributed by atoms with van der Waals surface area (Å²) in [5.74, 6) is 0.210. The van der Waals surface area contributed by atoms with Gasteiger partial charge in [0, 0.05) is 24.5 Å². The van der Waals surface area contributed by atoms with Gasteiger partial charge in [0.25, 0.3) is 0 Å². The average Bonchev–Trinajstić information content (AvgIpc) is 2.26. The molecular formula is C10H17NO2. The topological polar surface area (TPSA) is 38.3 Å². The Morgan fingerprint density at radius 2 is 2.31 bits per heavy atom. The molecule has 2 aliphatic heterocycles. The normalized spacial score (nSPS) is 45.2. The van der Waals surface area contributed by atoms with Crippen LogP contribution in [0.5, 0.6) is 0 Å². The van der Waals surface area contributed by atoms with Crippen LogP contribution in [0.4, 0.5) is 0 Å². The minimum atomic E-state index is 0.189. The second kappa shape index (κ2) is 2.98. The Bertz CT molecular complexity index is 229. The summed E-state index contributed by atoms with van der Waals surface area (Å²) in [6.07, 6.45) is 3.05. The Morgan fingerprint density at radius 1 is 1.54 bits per heavy atom. The van der Waals surface area contributed by atoms with Crippen LogP contribution in [-0.4, -0.2) is 24.7 Å². The number of hydrogen-bond acceptors (Lipinski definition) is 2.